The first-order chi connectivity index (χ1) is 15.9. The van der Waals surface area contributed by atoms with E-state index in [2.05, 4.69) is 0 Å². The van der Waals surface area contributed by atoms with Crippen LogP contribution in [-0.4, -0.2) is 18.3 Å². The Balaban J connectivity index is 1.58. The van der Waals surface area contributed by atoms with Gasteiger partial charge in [-0.05, 0) is 65.9 Å². The predicted octanol–water partition coefficient (Wildman–Crippen LogP) is 7.48. The van der Waals surface area contributed by atoms with Crippen molar-refractivity contribution in [3.63, 3.8) is 0 Å². The summed E-state index contributed by atoms with van der Waals surface area (Å²) in [4.78, 5) is 26.7. The number of hydrogen-bond acceptors (Lipinski definition) is 5. The van der Waals surface area contributed by atoms with Crippen LogP contribution in [0.5, 0.6) is 11.5 Å². The van der Waals surface area contributed by atoms with Gasteiger partial charge in [-0.15, -0.1) is 0 Å². The number of rotatable bonds is 6. The highest BCUT2D eigenvalue weighted by Crippen LogP contribution is 2.40. The maximum absolute atomic E-state index is 12.9. The van der Waals surface area contributed by atoms with Crippen molar-refractivity contribution in [2.45, 2.75) is 6.61 Å². The maximum Gasteiger partial charge on any atom is 0.298 e. The van der Waals surface area contributed by atoms with Crippen LogP contribution in [0.1, 0.15) is 11.1 Å². The second-order valence-corrected chi connectivity index (χ2v) is 9.15. The Morgan fingerprint density at radius 2 is 1.70 bits per heavy atom. The molecule has 0 spiro atoms. The molecule has 2 amide bonds. The molecule has 0 bridgehead atoms. The van der Waals surface area contributed by atoms with E-state index in [1.54, 1.807) is 48.5 Å². The Morgan fingerprint density at radius 3 is 2.39 bits per heavy atom. The number of anilines is 1. The molecule has 1 heterocycles. The zero-order valence-electron chi connectivity index (χ0n) is 17.2. The van der Waals surface area contributed by atoms with Crippen LogP contribution in [0.2, 0.25) is 15.1 Å². The molecule has 3 aromatic rings. The summed E-state index contributed by atoms with van der Waals surface area (Å²) in [6.45, 7) is 0.203. The molecule has 0 atom stereocenters. The highest BCUT2D eigenvalue weighted by Gasteiger charge is 2.36. The fourth-order valence-corrected chi connectivity index (χ4v) is 4.59. The minimum Gasteiger partial charge on any atom is -0.493 e. The fraction of sp³-hybridized carbons (Fsp3) is 0.0833. The van der Waals surface area contributed by atoms with E-state index in [1.807, 2.05) is 18.2 Å². The van der Waals surface area contributed by atoms with Gasteiger partial charge in [-0.1, -0.05) is 53.0 Å². The van der Waals surface area contributed by atoms with Gasteiger partial charge in [0.25, 0.3) is 11.1 Å². The lowest BCUT2D eigenvalue weighted by atomic mass is 10.1. The van der Waals surface area contributed by atoms with Crippen LogP contribution in [0, 0.1) is 0 Å². The number of amides is 2. The van der Waals surface area contributed by atoms with Crippen molar-refractivity contribution in [2.75, 3.05) is 12.0 Å². The van der Waals surface area contributed by atoms with Crippen LogP contribution < -0.4 is 14.4 Å². The molecular formula is C24H16Cl3NO4S. The zero-order valence-corrected chi connectivity index (χ0v) is 20.3. The molecule has 0 N–H and O–H groups in total. The number of ether oxygens (including phenoxy) is 2. The number of imide groups is 1. The monoisotopic (exact) mass is 519 g/mol. The first-order valence-corrected chi connectivity index (χ1v) is 11.6. The van der Waals surface area contributed by atoms with Gasteiger partial charge < -0.3 is 9.47 Å². The highest BCUT2D eigenvalue weighted by molar-refractivity contribution is 8.19. The van der Waals surface area contributed by atoms with E-state index in [4.69, 9.17) is 44.3 Å². The van der Waals surface area contributed by atoms with Crippen LogP contribution in [0.15, 0.2) is 65.6 Å². The number of benzene rings is 3. The topological polar surface area (TPSA) is 55.8 Å². The van der Waals surface area contributed by atoms with Gasteiger partial charge in [0.15, 0.2) is 11.5 Å². The van der Waals surface area contributed by atoms with Crippen LogP contribution >= 0.6 is 46.6 Å². The van der Waals surface area contributed by atoms with Gasteiger partial charge >= 0.3 is 0 Å². The molecule has 1 aliphatic heterocycles. The number of nitrogens with zero attached hydrogens (tertiary/aromatic N) is 1. The molecule has 0 saturated carbocycles. The highest BCUT2D eigenvalue weighted by atomic mass is 35.5. The van der Waals surface area contributed by atoms with Crippen molar-refractivity contribution in [1.29, 1.82) is 0 Å². The molecule has 0 aliphatic carbocycles. The van der Waals surface area contributed by atoms with Crippen molar-refractivity contribution in [3.05, 3.63) is 91.8 Å². The summed E-state index contributed by atoms with van der Waals surface area (Å²) >= 11 is 19.4. The van der Waals surface area contributed by atoms with Gasteiger partial charge in [-0.3, -0.25) is 9.59 Å². The first-order valence-electron chi connectivity index (χ1n) is 9.64. The molecule has 3 aromatic carbocycles. The first kappa shape index (κ1) is 23.5. The van der Waals surface area contributed by atoms with Gasteiger partial charge in [0, 0.05) is 15.6 Å². The van der Waals surface area contributed by atoms with Gasteiger partial charge in [0.1, 0.15) is 6.61 Å². The lowest BCUT2D eigenvalue weighted by Crippen LogP contribution is -2.27. The molecule has 0 aromatic heterocycles. The number of hydrogen-bond donors (Lipinski definition) is 0. The van der Waals surface area contributed by atoms with Gasteiger partial charge in [-0.2, -0.15) is 0 Å². The van der Waals surface area contributed by atoms with Crippen LogP contribution in [-0.2, 0) is 11.4 Å². The Morgan fingerprint density at radius 1 is 0.970 bits per heavy atom. The average Bonchev–Trinajstić information content (AvgIpc) is 3.07. The molecule has 33 heavy (non-hydrogen) atoms. The molecule has 9 heteroatoms. The lowest BCUT2D eigenvalue weighted by Gasteiger charge is -2.14. The van der Waals surface area contributed by atoms with E-state index >= 15 is 0 Å². The average molecular weight is 521 g/mol. The van der Waals surface area contributed by atoms with Crippen molar-refractivity contribution in [2.24, 2.45) is 0 Å². The summed E-state index contributed by atoms with van der Waals surface area (Å²) < 4.78 is 11.3. The number of carbonyl (C=O) groups is 2. The van der Waals surface area contributed by atoms with E-state index in [9.17, 15) is 9.59 Å². The Kier molecular flexibility index (Phi) is 7.20. The molecule has 0 radical (unpaired) electrons. The predicted molar refractivity (Wildman–Crippen MR) is 134 cm³/mol. The summed E-state index contributed by atoms with van der Waals surface area (Å²) in [5.74, 6) is 0.310. The molecule has 1 saturated heterocycles. The molecule has 5 nitrogen and oxygen atoms in total. The quantitative estimate of drug-likeness (QED) is 0.315. The third kappa shape index (κ3) is 5.14. The number of halogens is 3. The van der Waals surface area contributed by atoms with Crippen molar-refractivity contribution in [1.82, 2.24) is 0 Å². The summed E-state index contributed by atoms with van der Waals surface area (Å²) in [6, 6.07) is 17.1. The summed E-state index contributed by atoms with van der Waals surface area (Å²) in [5, 5.41) is 0.997. The van der Waals surface area contributed by atoms with Crippen molar-refractivity contribution < 1.29 is 19.1 Å². The van der Waals surface area contributed by atoms with Crippen molar-refractivity contribution >= 4 is 69.5 Å². The van der Waals surface area contributed by atoms with Crippen LogP contribution in [0.3, 0.4) is 0 Å². The van der Waals surface area contributed by atoms with E-state index in [0.29, 0.717) is 37.8 Å². The molecule has 0 unspecified atom stereocenters. The molecule has 1 aliphatic rings. The largest absolute Gasteiger partial charge is 0.493 e. The third-order valence-electron chi connectivity index (χ3n) is 4.76. The van der Waals surface area contributed by atoms with E-state index < -0.39 is 11.1 Å². The van der Waals surface area contributed by atoms with Gasteiger partial charge in [0.2, 0.25) is 0 Å². The normalized spacial score (nSPS) is 14.8. The second-order valence-electron chi connectivity index (χ2n) is 6.91. The minimum atomic E-state index is -0.429. The van der Waals surface area contributed by atoms with E-state index in [-0.39, 0.29) is 11.5 Å². The van der Waals surface area contributed by atoms with Crippen molar-refractivity contribution in [3.8, 4) is 11.5 Å². The summed E-state index contributed by atoms with van der Waals surface area (Å²) in [7, 11) is 1.49. The Bertz CT molecular complexity index is 1260. The fourth-order valence-electron chi connectivity index (χ4n) is 3.16. The number of thioether (sulfide) groups is 1. The molecule has 1 fully saturated rings. The number of carbonyl (C=O) groups excluding carboxylic acids is 2. The SMILES string of the molecule is COc1cc(/C=C2/SC(=O)N(c3ccc(Cl)cc3)C2=O)cc(Cl)c1OCc1ccccc1Cl. The standard InChI is InChI=1S/C24H16Cl3NO4S/c1-31-20-11-14(10-19(27)22(20)32-13-15-4-2-3-5-18(15)26)12-21-23(29)28(24(30)33-21)17-8-6-16(25)7-9-17/h2-12H,13H2,1H3/b21-12+. The van der Waals surface area contributed by atoms with Gasteiger partial charge in [-0.25, -0.2) is 4.90 Å². The summed E-state index contributed by atoms with van der Waals surface area (Å²) in [5.41, 5.74) is 1.84. The Hall–Kier alpha value is -2.64. The molecule has 168 valence electrons. The van der Waals surface area contributed by atoms with Gasteiger partial charge in [0.05, 0.1) is 22.7 Å². The van der Waals surface area contributed by atoms with Crippen LogP contribution in [0.25, 0.3) is 6.08 Å². The third-order valence-corrected chi connectivity index (χ3v) is 6.53. The van der Waals surface area contributed by atoms with E-state index in [0.717, 1.165) is 22.2 Å². The molecule has 4 rings (SSSR count). The lowest BCUT2D eigenvalue weighted by molar-refractivity contribution is -0.113. The summed E-state index contributed by atoms with van der Waals surface area (Å²) in [6.07, 6.45) is 1.59. The van der Waals surface area contributed by atoms with E-state index in [1.165, 1.54) is 7.11 Å². The van der Waals surface area contributed by atoms with Crippen LogP contribution in [0.4, 0.5) is 10.5 Å². The Labute approximate surface area is 209 Å². The zero-order chi connectivity index (χ0) is 23.5. The second kappa shape index (κ2) is 10.1. The molecular weight excluding hydrogens is 505 g/mol. The smallest absolute Gasteiger partial charge is 0.298 e. The minimum absolute atomic E-state index is 0.203. The number of methoxy groups -OCH3 is 1. The maximum atomic E-state index is 12.9.